The lowest BCUT2D eigenvalue weighted by Crippen LogP contribution is -2.21. The number of nitrogens with zero attached hydrogens (tertiary/aromatic N) is 1. The first-order valence-electron chi connectivity index (χ1n) is 7.05. The molecular formula is C15H22N2O2. The van der Waals surface area contributed by atoms with Crippen molar-refractivity contribution >= 4 is 11.4 Å². The summed E-state index contributed by atoms with van der Waals surface area (Å²) in [5.41, 5.74) is 1.81. The van der Waals surface area contributed by atoms with E-state index in [0.29, 0.717) is 11.6 Å². The van der Waals surface area contributed by atoms with Gasteiger partial charge in [0.25, 0.3) is 5.69 Å². The van der Waals surface area contributed by atoms with Crippen LogP contribution in [0.2, 0.25) is 0 Å². The third kappa shape index (κ3) is 3.46. The summed E-state index contributed by atoms with van der Waals surface area (Å²) in [6.45, 7) is 5.05. The molecule has 2 rings (SSSR count). The van der Waals surface area contributed by atoms with E-state index in [1.807, 2.05) is 13.0 Å². The van der Waals surface area contributed by atoms with E-state index in [-0.39, 0.29) is 10.6 Å². The highest BCUT2D eigenvalue weighted by Crippen LogP contribution is 2.31. The Kier molecular flexibility index (Phi) is 4.40. The van der Waals surface area contributed by atoms with Gasteiger partial charge in [0.1, 0.15) is 5.69 Å². The number of aryl methyl sites for hydroxylation is 1. The zero-order valence-corrected chi connectivity index (χ0v) is 11.7. The van der Waals surface area contributed by atoms with E-state index in [1.54, 1.807) is 12.1 Å². The van der Waals surface area contributed by atoms with Crippen molar-refractivity contribution < 1.29 is 4.92 Å². The number of hydrogen-bond acceptors (Lipinski definition) is 3. The van der Waals surface area contributed by atoms with Crippen molar-refractivity contribution in [3.8, 4) is 0 Å². The van der Waals surface area contributed by atoms with Gasteiger partial charge in [0.2, 0.25) is 0 Å². The molecule has 0 heterocycles. The third-order valence-corrected chi connectivity index (χ3v) is 4.06. The first-order chi connectivity index (χ1) is 9.08. The van der Waals surface area contributed by atoms with Gasteiger partial charge in [-0.2, -0.15) is 0 Å². The molecule has 0 spiro atoms. The SMILES string of the molecule is Cc1cccc([N+](=O)[O-])c1NCC1CCCC(C)C1. The molecule has 1 aliphatic rings. The monoisotopic (exact) mass is 262 g/mol. The highest BCUT2D eigenvalue weighted by molar-refractivity contribution is 5.65. The van der Waals surface area contributed by atoms with Crippen LogP contribution in [0.15, 0.2) is 18.2 Å². The van der Waals surface area contributed by atoms with E-state index in [9.17, 15) is 10.1 Å². The highest BCUT2D eigenvalue weighted by atomic mass is 16.6. The molecule has 2 unspecified atom stereocenters. The maximum Gasteiger partial charge on any atom is 0.292 e. The number of benzene rings is 1. The van der Waals surface area contributed by atoms with E-state index in [1.165, 1.54) is 25.7 Å². The van der Waals surface area contributed by atoms with Crippen LogP contribution in [-0.2, 0) is 0 Å². The normalized spacial score (nSPS) is 23.1. The summed E-state index contributed by atoms with van der Waals surface area (Å²) in [4.78, 5) is 10.7. The summed E-state index contributed by atoms with van der Waals surface area (Å²) >= 11 is 0. The fourth-order valence-electron chi connectivity index (χ4n) is 3.03. The number of anilines is 1. The van der Waals surface area contributed by atoms with Gasteiger partial charge in [0.15, 0.2) is 0 Å². The summed E-state index contributed by atoms with van der Waals surface area (Å²) in [6.07, 6.45) is 5.06. The number of rotatable bonds is 4. The lowest BCUT2D eigenvalue weighted by Gasteiger charge is -2.27. The molecule has 104 valence electrons. The Morgan fingerprint density at radius 2 is 2.21 bits per heavy atom. The van der Waals surface area contributed by atoms with E-state index >= 15 is 0 Å². The van der Waals surface area contributed by atoms with E-state index in [4.69, 9.17) is 0 Å². The van der Waals surface area contributed by atoms with Gasteiger partial charge in [-0.1, -0.05) is 31.9 Å². The van der Waals surface area contributed by atoms with Crippen molar-refractivity contribution in [2.75, 3.05) is 11.9 Å². The Morgan fingerprint density at radius 1 is 1.42 bits per heavy atom. The number of para-hydroxylation sites is 1. The Balaban J connectivity index is 2.04. The fourth-order valence-corrected chi connectivity index (χ4v) is 3.03. The minimum absolute atomic E-state index is 0.184. The summed E-state index contributed by atoms with van der Waals surface area (Å²) in [7, 11) is 0. The highest BCUT2D eigenvalue weighted by Gasteiger charge is 2.21. The van der Waals surface area contributed by atoms with Crippen LogP contribution in [0.25, 0.3) is 0 Å². The van der Waals surface area contributed by atoms with Gasteiger partial charge < -0.3 is 5.32 Å². The van der Waals surface area contributed by atoms with Crippen LogP contribution in [0.1, 0.15) is 38.2 Å². The molecule has 0 amide bonds. The molecule has 1 aromatic rings. The summed E-state index contributed by atoms with van der Waals surface area (Å²) in [6, 6.07) is 5.22. The zero-order chi connectivity index (χ0) is 13.8. The van der Waals surface area contributed by atoms with Gasteiger partial charge in [0, 0.05) is 12.6 Å². The van der Waals surface area contributed by atoms with E-state index < -0.39 is 0 Å². The summed E-state index contributed by atoms with van der Waals surface area (Å²) < 4.78 is 0. The van der Waals surface area contributed by atoms with Crippen LogP contribution in [0.5, 0.6) is 0 Å². The number of nitro groups is 1. The molecule has 1 aromatic carbocycles. The third-order valence-electron chi connectivity index (χ3n) is 4.06. The lowest BCUT2D eigenvalue weighted by molar-refractivity contribution is -0.384. The number of nitro benzene ring substituents is 1. The predicted octanol–water partition coefficient (Wildman–Crippen LogP) is 4.14. The molecule has 4 nitrogen and oxygen atoms in total. The molecule has 0 aliphatic heterocycles. The summed E-state index contributed by atoms with van der Waals surface area (Å²) in [5, 5.41) is 14.4. The minimum atomic E-state index is -0.307. The van der Waals surface area contributed by atoms with Crippen molar-refractivity contribution in [1.82, 2.24) is 0 Å². The molecule has 19 heavy (non-hydrogen) atoms. The minimum Gasteiger partial charge on any atom is -0.379 e. The standard InChI is InChI=1S/C15H22N2O2/c1-11-5-3-7-13(9-11)10-16-15-12(2)6-4-8-14(15)17(18)19/h4,6,8,11,13,16H,3,5,7,9-10H2,1-2H3. The van der Waals surface area contributed by atoms with Crippen LogP contribution in [0.3, 0.4) is 0 Å². The Bertz CT molecular complexity index is 459. The molecule has 0 bridgehead atoms. The van der Waals surface area contributed by atoms with Crippen molar-refractivity contribution in [1.29, 1.82) is 0 Å². The molecule has 1 N–H and O–H groups in total. The Labute approximate surface area is 114 Å². The Morgan fingerprint density at radius 3 is 2.89 bits per heavy atom. The largest absolute Gasteiger partial charge is 0.379 e. The topological polar surface area (TPSA) is 55.2 Å². The lowest BCUT2D eigenvalue weighted by atomic mass is 9.82. The molecular weight excluding hydrogens is 240 g/mol. The number of hydrogen-bond donors (Lipinski definition) is 1. The predicted molar refractivity (Wildman–Crippen MR) is 77.4 cm³/mol. The molecule has 0 aromatic heterocycles. The number of nitrogens with one attached hydrogen (secondary N) is 1. The fraction of sp³-hybridized carbons (Fsp3) is 0.600. The average molecular weight is 262 g/mol. The van der Waals surface area contributed by atoms with Gasteiger partial charge in [-0.15, -0.1) is 0 Å². The maximum absolute atomic E-state index is 11.0. The first-order valence-corrected chi connectivity index (χ1v) is 7.05. The smallest absolute Gasteiger partial charge is 0.292 e. The molecule has 4 heteroatoms. The van der Waals surface area contributed by atoms with Crippen LogP contribution < -0.4 is 5.32 Å². The van der Waals surface area contributed by atoms with Crippen LogP contribution >= 0.6 is 0 Å². The van der Waals surface area contributed by atoms with Crippen LogP contribution in [0, 0.1) is 28.9 Å². The maximum atomic E-state index is 11.0. The molecule has 2 atom stereocenters. The van der Waals surface area contributed by atoms with Crippen LogP contribution in [-0.4, -0.2) is 11.5 Å². The van der Waals surface area contributed by atoms with Crippen molar-refractivity contribution in [2.24, 2.45) is 11.8 Å². The molecule has 1 saturated carbocycles. The molecule has 0 saturated heterocycles. The van der Waals surface area contributed by atoms with Crippen molar-refractivity contribution in [3.63, 3.8) is 0 Å². The van der Waals surface area contributed by atoms with Gasteiger partial charge in [-0.25, -0.2) is 0 Å². The zero-order valence-electron chi connectivity index (χ0n) is 11.7. The van der Waals surface area contributed by atoms with Gasteiger partial charge in [0.05, 0.1) is 4.92 Å². The van der Waals surface area contributed by atoms with Crippen molar-refractivity contribution in [3.05, 3.63) is 33.9 Å². The second-order valence-corrected chi connectivity index (χ2v) is 5.74. The second kappa shape index (κ2) is 6.04. The molecule has 1 fully saturated rings. The molecule has 1 aliphatic carbocycles. The first kappa shape index (κ1) is 13.8. The Hall–Kier alpha value is -1.58. The van der Waals surface area contributed by atoms with Gasteiger partial charge in [-0.3, -0.25) is 10.1 Å². The molecule has 0 radical (unpaired) electrons. The quantitative estimate of drug-likeness (QED) is 0.655. The van der Waals surface area contributed by atoms with Gasteiger partial charge in [-0.05, 0) is 37.2 Å². The van der Waals surface area contributed by atoms with Crippen LogP contribution in [0.4, 0.5) is 11.4 Å². The average Bonchev–Trinajstić information content (AvgIpc) is 2.37. The van der Waals surface area contributed by atoms with Gasteiger partial charge >= 0.3 is 0 Å². The van der Waals surface area contributed by atoms with E-state index in [0.717, 1.165) is 18.0 Å². The second-order valence-electron chi connectivity index (χ2n) is 5.74. The van der Waals surface area contributed by atoms with Crippen molar-refractivity contribution in [2.45, 2.75) is 39.5 Å². The summed E-state index contributed by atoms with van der Waals surface area (Å²) in [5.74, 6) is 1.43. The van der Waals surface area contributed by atoms with E-state index in [2.05, 4.69) is 12.2 Å².